The summed E-state index contributed by atoms with van der Waals surface area (Å²) in [6.07, 6.45) is 3.96. The minimum absolute atomic E-state index is 0.214. The van der Waals surface area contributed by atoms with Gasteiger partial charge >= 0.3 is 5.97 Å². The summed E-state index contributed by atoms with van der Waals surface area (Å²) in [5.41, 5.74) is 3.34. The predicted molar refractivity (Wildman–Crippen MR) is 154 cm³/mol. The summed E-state index contributed by atoms with van der Waals surface area (Å²) < 4.78 is 10.2. The van der Waals surface area contributed by atoms with Gasteiger partial charge in [0.1, 0.15) is 5.00 Å². The van der Waals surface area contributed by atoms with Crippen molar-refractivity contribution in [1.29, 1.82) is 0 Å². The molecule has 0 spiro atoms. The van der Waals surface area contributed by atoms with Crippen LogP contribution in [0, 0.1) is 0 Å². The van der Waals surface area contributed by atoms with Crippen LogP contribution in [0.4, 0.5) is 10.7 Å². The molecule has 2 aromatic carbocycles. The number of amides is 2. The fourth-order valence-corrected chi connectivity index (χ4v) is 6.97. The molecule has 0 fully saturated rings. The molecule has 0 aliphatic heterocycles. The van der Waals surface area contributed by atoms with Crippen molar-refractivity contribution < 1.29 is 23.5 Å². The molecular weight excluding hydrogens is 532 g/mol. The molecule has 1 aliphatic rings. The smallest absolute Gasteiger partial charge is 0.341 e. The van der Waals surface area contributed by atoms with E-state index in [2.05, 4.69) is 22.8 Å². The third-order valence-electron chi connectivity index (χ3n) is 6.68. The number of anilines is 2. The zero-order valence-corrected chi connectivity index (χ0v) is 23.2. The van der Waals surface area contributed by atoms with Crippen LogP contribution in [0.5, 0.6) is 0 Å². The van der Waals surface area contributed by atoms with Gasteiger partial charge in [0.05, 0.1) is 24.2 Å². The zero-order chi connectivity index (χ0) is 27.4. The summed E-state index contributed by atoms with van der Waals surface area (Å²) in [6.45, 7) is 1.81. The highest BCUT2D eigenvalue weighted by atomic mass is 32.2. The molecule has 200 valence electrons. The maximum absolute atomic E-state index is 13.2. The number of ether oxygens (including phenoxy) is 1. The molecule has 0 saturated carbocycles. The number of rotatable bonds is 8. The molecule has 2 N–H and O–H groups in total. The van der Waals surface area contributed by atoms with Crippen LogP contribution in [0.1, 0.15) is 56.2 Å². The first-order valence-corrected chi connectivity index (χ1v) is 14.3. The van der Waals surface area contributed by atoms with Crippen molar-refractivity contribution >= 4 is 51.6 Å². The van der Waals surface area contributed by atoms with Gasteiger partial charge < -0.3 is 19.8 Å². The zero-order valence-electron chi connectivity index (χ0n) is 21.6. The summed E-state index contributed by atoms with van der Waals surface area (Å²) in [6, 6.07) is 20.9. The number of fused-ring (bicyclic) bond motifs is 1. The largest absolute Gasteiger partial charge is 0.465 e. The van der Waals surface area contributed by atoms with Gasteiger partial charge in [0.2, 0.25) is 5.91 Å². The van der Waals surface area contributed by atoms with Gasteiger partial charge in [-0.05, 0) is 73.6 Å². The molecule has 0 bridgehead atoms. The van der Waals surface area contributed by atoms with Crippen molar-refractivity contribution in [2.45, 2.75) is 42.2 Å². The number of esters is 1. The van der Waals surface area contributed by atoms with Crippen molar-refractivity contribution in [3.05, 3.63) is 100 Å². The molecule has 39 heavy (non-hydrogen) atoms. The Morgan fingerprint density at radius 1 is 1.05 bits per heavy atom. The van der Waals surface area contributed by atoms with Gasteiger partial charge in [0.15, 0.2) is 5.76 Å². The van der Waals surface area contributed by atoms with Gasteiger partial charge in [0, 0.05) is 15.5 Å². The van der Waals surface area contributed by atoms with Crippen molar-refractivity contribution in [2.75, 3.05) is 17.7 Å². The Morgan fingerprint density at radius 3 is 2.62 bits per heavy atom. The lowest BCUT2D eigenvalue weighted by atomic mass is 9.83. The van der Waals surface area contributed by atoms with E-state index in [0.29, 0.717) is 22.2 Å². The Kier molecular flexibility index (Phi) is 8.18. The van der Waals surface area contributed by atoms with E-state index in [0.717, 1.165) is 34.6 Å². The number of methoxy groups -OCH3 is 1. The topological polar surface area (TPSA) is 97.6 Å². The van der Waals surface area contributed by atoms with Crippen LogP contribution in [-0.2, 0) is 22.4 Å². The Labute approximate surface area is 235 Å². The van der Waals surface area contributed by atoms with Crippen LogP contribution in [0.25, 0.3) is 0 Å². The Balaban J connectivity index is 1.28. The summed E-state index contributed by atoms with van der Waals surface area (Å²) in [7, 11) is 1.36. The van der Waals surface area contributed by atoms with Crippen LogP contribution in [0.2, 0.25) is 0 Å². The van der Waals surface area contributed by atoms with Crippen molar-refractivity contribution in [3.8, 4) is 0 Å². The second kappa shape index (κ2) is 11.9. The maximum atomic E-state index is 13.2. The lowest BCUT2D eigenvalue weighted by Crippen LogP contribution is -2.23. The second-order valence-electron chi connectivity index (χ2n) is 9.26. The molecule has 2 unspecified atom stereocenters. The molecule has 0 radical (unpaired) electrons. The number of nitrogens with one attached hydrogen (secondary N) is 2. The van der Waals surface area contributed by atoms with Gasteiger partial charge in [-0.2, -0.15) is 0 Å². The molecule has 1 aliphatic carbocycles. The highest BCUT2D eigenvalue weighted by molar-refractivity contribution is 8.00. The van der Waals surface area contributed by atoms with E-state index in [4.69, 9.17) is 9.15 Å². The highest BCUT2D eigenvalue weighted by Gasteiger charge is 2.31. The number of hydrogen-bond donors (Lipinski definition) is 2. The number of hydrogen-bond acceptors (Lipinski definition) is 7. The Hall–Kier alpha value is -3.82. The number of carbonyl (C=O) groups is 3. The first kappa shape index (κ1) is 26.8. The van der Waals surface area contributed by atoms with Crippen LogP contribution in [-0.4, -0.2) is 30.1 Å². The van der Waals surface area contributed by atoms with E-state index in [-0.39, 0.29) is 17.6 Å². The first-order valence-electron chi connectivity index (χ1n) is 12.6. The lowest BCUT2D eigenvalue weighted by molar-refractivity contribution is -0.115. The third kappa shape index (κ3) is 6.10. The van der Waals surface area contributed by atoms with Crippen molar-refractivity contribution in [2.24, 2.45) is 0 Å². The summed E-state index contributed by atoms with van der Waals surface area (Å²) in [5.74, 6) is -0.397. The number of carbonyl (C=O) groups excluding carboxylic acids is 3. The minimum atomic E-state index is -0.456. The van der Waals surface area contributed by atoms with E-state index >= 15 is 0 Å². The average molecular weight is 561 g/mol. The van der Waals surface area contributed by atoms with Crippen LogP contribution >= 0.6 is 23.1 Å². The Morgan fingerprint density at radius 2 is 1.87 bits per heavy atom. The van der Waals surface area contributed by atoms with Crippen LogP contribution < -0.4 is 10.6 Å². The van der Waals surface area contributed by atoms with E-state index in [1.807, 2.05) is 43.3 Å². The fraction of sp³-hybridized carbons (Fsp3) is 0.233. The van der Waals surface area contributed by atoms with Gasteiger partial charge in [-0.25, -0.2) is 4.79 Å². The van der Waals surface area contributed by atoms with E-state index in [9.17, 15) is 14.4 Å². The molecule has 7 nitrogen and oxygen atoms in total. The number of benzene rings is 2. The van der Waals surface area contributed by atoms with Crippen molar-refractivity contribution in [1.82, 2.24) is 0 Å². The minimum Gasteiger partial charge on any atom is -0.465 e. The SMILES string of the molecule is COC(=O)c1c(NC(=O)C(C)Sc2cccc(NC(=O)c3ccco3)c2)sc2c1CCC(c1ccccc1)C2. The molecule has 5 rings (SSSR count). The monoisotopic (exact) mass is 560 g/mol. The van der Waals surface area contributed by atoms with Gasteiger partial charge in [-0.15, -0.1) is 23.1 Å². The third-order valence-corrected chi connectivity index (χ3v) is 8.94. The molecule has 2 atom stereocenters. The molecule has 2 amide bonds. The average Bonchev–Trinajstić information content (AvgIpc) is 3.61. The lowest BCUT2D eigenvalue weighted by Gasteiger charge is -2.22. The highest BCUT2D eigenvalue weighted by Crippen LogP contribution is 2.43. The number of thioether (sulfide) groups is 1. The quantitative estimate of drug-likeness (QED) is 0.182. The van der Waals surface area contributed by atoms with E-state index < -0.39 is 11.2 Å². The maximum Gasteiger partial charge on any atom is 0.341 e. The molecule has 9 heteroatoms. The molecule has 2 heterocycles. The molecule has 2 aromatic heterocycles. The van der Waals surface area contributed by atoms with Gasteiger partial charge in [0.25, 0.3) is 5.91 Å². The first-order chi connectivity index (χ1) is 18.9. The van der Waals surface area contributed by atoms with E-state index in [1.165, 1.54) is 42.0 Å². The van der Waals surface area contributed by atoms with E-state index in [1.54, 1.807) is 18.2 Å². The summed E-state index contributed by atoms with van der Waals surface area (Å²) >= 11 is 2.83. The molecule has 4 aromatic rings. The fourth-order valence-electron chi connectivity index (χ4n) is 4.72. The molecule has 0 saturated heterocycles. The van der Waals surface area contributed by atoms with Gasteiger partial charge in [-0.3, -0.25) is 9.59 Å². The number of furan rings is 1. The Bertz CT molecular complexity index is 1480. The number of thiophene rings is 1. The predicted octanol–water partition coefficient (Wildman–Crippen LogP) is 6.77. The van der Waals surface area contributed by atoms with Crippen molar-refractivity contribution in [3.63, 3.8) is 0 Å². The van der Waals surface area contributed by atoms with Gasteiger partial charge in [-0.1, -0.05) is 36.4 Å². The van der Waals surface area contributed by atoms with Crippen LogP contribution in [0.15, 0.2) is 82.3 Å². The second-order valence-corrected chi connectivity index (χ2v) is 11.8. The van der Waals surface area contributed by atoms with Crippen LogP contribution in [0.3, 0.4) is 0 Å². The summed E-state index contributed by atoms with van der Waals surface area (Å²) in [5, 5.41) is 5.88. The molecular formula is C30H28N2O5S2. The normalized spacial score (nSPS) is 15.2. The standard InChI is InChI=1S/C30H28N2O5S2/c1-18(38-22-11-6-10-21(17-22)31-28(34)24-12-7-15-37-24)27(33)32-29-26(30(35)36-2)23-14-13-20(16-25(23)39-29)19-8-4-3-5-9-19/h3-12,15,17-18,20H,13-14,16H2,1-2H3,(H,31,34)(H,32,33). The summed E-state index contributed by atoms with van der Waals surface area (Å²) in [4.78, 5) is 40.2.